The number of hydrogen-bond donors (Lipinski definition) is 0. The molecule has 2 aliphatic rings. The summed E-state index contributed by atoms with van der Waals surface area (Å²) in [6.07, 6.45) is 1.50. The van der Waals surface area contributed by atoms with E-state index in [0.29, 0.717) is 24.4 Å². The topological polar surface area (TPSA) is 53.5 Å². The van der Waals surface area contributed by atoms with Crippen molar-refractivity contribution in [2.75, 3.05) is 33.2 Å². The molecule has 0 amide bonds. The predicted molar refractivity (Wildman–Crippen MR) is 74.8 cm³/mol. The summed E-state index contributed by atoms with van der Waals surface area (Å²) in [4.78, 5) is 32.9. The molecule has 0 saturated carbocycles. The molecule has 0 bridgehead atoms. The molecule has 2 heterocycles. The van der Waals surface area contributed by atoms with Crippen LogP contribution in [0.5, 0.6) is 0 Å². The highest BCUT2D eigenvalue weighted by atomic mass is 35.5. The molecule has 1 saturated heterocycles. The van der Waals surface area contributed by atoms with Gasteiger partial charge in [0.1, 0.15) is 16.4 Å². The maximum Gasteiger partial charge on any atom is 0.225 e. The summed E-state index contributed by atoms with van der Waals surface area (Å²) < 4.78 is 0. The van der Waals surface area contributed by atoms with Gasteiger partial charge in [0, 0.05) is 32.4 Å². The standard InChI is InChI=1S/C14H14ClN3O2/c1-17-5-7-18(8-6-17)12-10(15)14(20)11-9(13(12)19)3-2-4-16-11/h2-4H,5-8H2,1H3. The van der Waals surface area contributed by atoms with E-state index in [4.69, 9.17) is 11.6 Å². The molecule has 1 fully saturated rings. The van der Waals surface area contributed by atoms with Crippen LogP contribution in [0.15, 0.2) is 29.1 Å². The van der Waals surface area contributed by atoms with Gasteiger partial charge in [-0.2, -0.15) is 0 Å². The van der Waals surface area contributed by atoms with Gasteiger partial charge in [-0.25, -0.2) is 0 Å². The summed E-state index contributed by atoms with van der Waals surface area (Å²) in [6.45, 7) is 3.07. The van der Waals surface area contributed by atoms with E-state index in [2.05, 4.69) is 9.88 Å². The number of hydrogen-bond acceptors (Lipinski definition) is 5. The predicted octanol–water partition coefficient (Wildman–Crippen LogP) is 1.16. The molecule has 0 spiro atoms. The second-order valence-corrected chi connectivity index (χ2v) is 5.39. The Labute approximate surface area is 121 Å². The van der Waals surface area contributed by atoms with Crippen LogP contribution in [-0.4, -0.2) is 59.6 Å². The van der Waals surface area contributed by atoms with Gasteiger partial charge in [-0.3, -0.25) is 14.6 Å². The second-order valence-electron chi connectivity index (χ2n) is 5.01. The maximum absolute atomic E-state index is 12.6. The summed E-state index contributed by atoms with van der Waals surface area (Å²) in [5, 5.41) is -0.00856. The number of piperazine rings is 1. The lowest BCUT2D eigenvalue weighted by Gasteiger charge is -2.36. The third kappa shape index (κ3) is 2.03. The summed E-state index contributed by atoms with van der Waals surface area (Å²) in [6, 6.07) is 3.28. The van der Waals surface area contributed by atoms with Crippen molar-refractivity contribution < 1.29 is 9.59 Å². The van der Waals surface area contributed by atoms with Gasteiger partial charge in [0.05, 0.1) is 5.56 Å². The van der Waals surface area contributed by atoms with Crippen LogP contribution in [-0.2, 0) is 0 Å². The van der Waals surface area contributed by atoms with E-state index in [-0.39, 0.29) is 22.3 Å². The third-order valence-corrected chi connectivity index (χ3v) is 4.06. The minimum absolute atomic E-state index is 0.00856. The Morgan fingerprint density at radius 3 is 2.55 bits per heavy atom. The number of rotatable bonds is 1. The normalized spacial score (nSPS) is 20.4. The van der Waals surface area contributed by atoms with Crippen molar-refractivity contribution in [1.82, 2.24) is 14.8 Å². The molecule has 1 aliphatic carbocycles. The van der Waals surface area contributed by atoms with Crippen LogP contribution >= 0.6 is 11.6 Å². The number of allylic oxidation sites excluding steroid dienone is 2. The zero-order chi connectivity index (χ0) is 14.3. The van der Waals surface area contributed by atoms with Crippen molar-refractivity contribution >= 4 is 23.2 Å². The highest BCUT2D eigenvalue weighted by Crippen LogP contribution is 2.29. The van der Waals surface area contributed by atoms with E-state index in [1.54, 1.807) is 12.1 Å². The number of carbonyl (C=O) groups is 2. The molecule has 0 N–H and O–H groups in total. The van der Waals surface area contributed by atoms with Crippen LogP contribution in [0.25, 0.3) is 0 Å². The first-order valence-electron chi connectivity index (χ1n) is 6.47. The number of nitrogens with zero attached hydrogens (tertiary/aromatic N) is 3. The van der Waals surface area contributed by atoms with E-state index < -0.39 is 0 Å². The van der Waals surface area contributed by atoms with Gasteiger partial charge >= 0.3 is 0 Å². The van der Waals surface area contributed by atoms with Crippen molar-refractivity contribution in [2.45, 2.75) is 0 Å². The highest BCUT2D eigenvalue weighted by Gasteiger charge is 2.35. The number of aromatic nitrogens is 1. The van der Waals surface area contributed by atoms with Gasteiger partial charge in [0.2, 0.25) is 11.6 Å². The van der Waals surface area contributed by atoms with E-state index in [1.165, 1.54) is 6.20 Å². The summed E-state index contributed by atoms with van der Waals surface area (Å²) in [7, 11) is 2.03. The number of ketones is 2. The molecule has 0 atom stereocenters. The molecule has 5 nitrogen and oxygen atoms in total. The Morgan fingerprint density at radius 1 is 1.15 bits per heavy atom. The fourth-order valence-corrected chi connectivity index (χ4v) is 2.82. The number of halogens is 1. The van der Waals surface area contributed by atoms with Crippen LogP contribution in [0, 0.1) is 0 Å². The second kappa shape index (κ2) is 5.00. The Bertz CT molecular complexity index is 619. The van der Waals surface area contributed by atoms with Crippen LogP contribution in [0.2, 0.25) is 0 Å². The average molecular weight is 292 g/mol. The fourth-order valence-electron chi connectivity index (χ4n) is 2.52. The van der Waals surface area contributed by atoms with Gasteiger partial charge < -0.3 is 9.80 Å². The lowest BCUT2D eigenvalue weighted by atomic mass is 9.96. The average Bonchev–Trinajstić information content (AvgIpc) is 2.47. The summed E-state index contributed by atoms with van der Waals surface area (Å²) in [5.41, 5.74) is 0.821. The first-order valence-corrected chi connectivity index (χ1v) is 6.85. The molecule has 6 heteroatoms. The molecule has 3 rings (SSSR count). The number of carbonyl (C=O) groups excluding carboxylic acids is 2. The lowest BCUT2D eigenvalue weighted by Crippen LogP contribution is -2.46. The first-order chi connectivity index (χ1) is 9.59. The van der Waals surface area contributed by atoms with E-state index in [0.717, 1.165) is 13.1 Å². The molecule has 1 aromatic rings. The van der Waals surface area contributed by atoms with Crippen molar-refractivity contribution in [3.8, 4) is 0 Å². The van der Waals surface area contributed by atoms with E-state index in [1.807, 2.05) is 11.9 Å². The summed E-state index contributed by atoms with van der Waals surface area (Å²) in [5.74, 6) is -0.571. The van der Waals surface area contributed by atoms with E-state index in [9.17, 15) is 9.59 Å². The third-order valence-electron chi connectivity index (χ3n) is 3.71. The zero-order valence-corrected chi connectivity index (χ0v) is 11.9. The van der Waals surface area contributed by atoms with Gasteiger partial charge in [0.15, 0.2) is 0 Å². The van der Waals surface area contributed by atoms with Gasteiger partial charge in [0.25, 0.3) is 0 Å². The lowest BCUT2D eigenvalue weighted by molar-refractivity contribution is 0.0920. The molecular formula is C14H14ClN3O2. The molecule has 1 aromatic heterocycles. The maximum atomic E-state index is 12.6. The minimum atomic E-state index is -0.365. The number of likely N-dealkylation sites (N-methyl/N-ethyl adjacent to an activating group) is 1. The Balaban J connectivity index is 2.01. The van der Waals surface area contributed by atoms with Crippen molar-refractivity contribution in [2.24, 2.45) is 0 Å². The van der Waals surface area contributed by atoms with Crippen molar-refractivity contribution in [3.05, 3.63) is 40.3 Å². The molecule has 0 radical (unpaired) electrons. The Kier molecular flexibility index (Phi) is 3.31. The van der Waals surface area contributed by atoms with Gasteiger partial charge in [-0.15, -0.1) is 0 Å². The summed E-state index contributed by atoms with van der Waals surface area (Å²) >= 11 is 6.14. The van der Waals surface area contributed by atoms with Crippen LogP contribution in [0.1, 0.15) is 20.8 Å². The smallest absolute Gasteiger partial charge is 0.225 e. The fraction of sp³-hybridized carbons (Fsp3) is 0.357. The molecule has 1 aliphatic heterocycles. The number of fused-ring (bicyclic) bond motifs is 1. The first kappa shape index (κ1) is 13.3. The van der Waals surface area contributed by atoms with Crippen LogP contribution in [0.3, 0.4) is 0 Å². The number of pyridine rings is 1. The van der Waals surface area contributed by atoms with Crippen LogP contribution < -0.4 is 0 Å². The highest BCUT2D eigenvalue weighted by molar-refractivity contribution is 6.49. The SMILES string of the molecule is CN1CCN(C2=C(Cl)C(=O)c3ncccc3C2=O)CC1. The Hall–Kier alpha value is -1.72. The van der Waals surface area contributed by atoms with Crippen molar-refractivity contribution in [1.29, 1.82) is 0 Å². The molecule has 0 unspecified atom stereocenters. The molecular weight excluding hydrogens is 278 g/mol. The zero-order valence-electron chi connectivity index (χ0n) is 11.1. The molecule has 104 valence electrons. The molecule has 0 aromatic carbocycles. The van der Waals surface area contributed by atoms with Gasteiger partial charge in [-0.05, 0) is 19.2 Å². The van der Waals surface area contributed by atoms with Crippen LogP contribution in [0.4, 0.5) is 0 Å². The minimum Gasteiger partial charge on any atom is -0.364 e. The van der Waals surface area contributed by atoms with Crippen molar-refractivity contribution in [3.63, 3.8) is 0 Å². The number of Topliss-reactive ketones (excluding diaryl/α,β-unsaturated/α-hetero) is 2. The largest absolute Gasteiger partial charge is 0.364 e. The Morgan fingerprint density at radius 2 is 1.85 bits per heavy atom. The molecule has 20 heavy (non-hydrogen) atoms. The van der Waals surface area contributed by atoms with Gasteiger partial charge in [-0.1, -0.05) is 11.6 Å². The quantitative estimate of drug-likeness (QED) is 0.777. The monoisotopic (exact) mass is 291 g/mol. The van der Waals surface area contributed by atoms with E-state index >= 15 is 0 Å².